The summed E-state index contributed by atoms with van der Waals surface area (Å²) in [6.45, 7) is -2.26. The van der Waals surface area contributed by atoms with Crippen LogP contribution in [-0.4, -0.2) is 28.4 Å². The number of hydrogen-bond acceptors (Lipinski definition) is 4. The molecule has 0 spiro atoms. The second-order valence-corrected chi connectivity index (χ2v) is 8.16. The Balaban J connectivity index is 1.76. The van der Waals surface area contributed by atoms with Gasteiger partial charge in [-0.05, 0) is 43.9 Å². The Hall–Kier alpha value is -3.26. The summed E-state index contributed by atoms with van der Waals surface area (Å²) in [5.41, 5.74) is 1.78. The summed E-state index contributed by atoms with van der Waals surface area (Å²) >= 11 is 0. The third-order valence-electron chi connectivity index (χ3n) is 6.00. The number of nitrogens with one attached hydrogen (secondary N) is 1. The molecule has 1 aromatic carbocycles. The minimum absolute atomic E-state index is 0.0414. The lowest BCUT2D eigenvalue weighted by Gasteiger charge is -2.30. The van der Waals surface area contributed by atoms with Crippen molar-refractivity contribution < 1.29 is 31.1 Å². The van der Waals surface area contributed by atoms with Crippen molar-refractivity contribution in [3.63, 3.8) is 0 Å². The molecular weight excluding hydrogens is 462 g/mol. The Morgan fingerprint density at radius 2 is 2.00 bits per heavy atom. The third-order valence-corrected chi connectivity index (χ3v) is 6.00. The molecule has 1 aliphatic rings. The quantitative estimate of drug-likeness (QED) is 0.415. The van der Waals surface area contributed by atoms with Crippen molar-refractivity contribution in [3.8, 4) is 23.2 Å². The van der Waals surface area contributed by atoms with E-state index in [9.17, 15) is 31.6 Å². The number of pyridine rings is 1. The number of rotatable bonds is 7. The zero-order chi connectivity index (χ0) is 24.6. The van der Waals surface area contributed by atoms with Gasteiger partial charge in [-0.15, -0.1) is 0 Å². The van der Waals surface area contributed by atoms with Gasteiger partial charge in [0.1, 0.15) is 12.1 Å². The summed E-state index contributed by atoms with van der Waals surface area (Å²) in [5.74, 6) is -1.64. The number of halogens is 6. The van der Waals surface area contributed by atoms with Crippen LogP contribution in [0.15, 0.2) is 30.5 Å². The molecule has 1 aliphatic carbocycles. The second kappa shape index (κ2) is 9.18. The molecule has 3 aromatic rings. The van der Waals surface area contributed by atoms with Gasteiger partial charge in [0, 0.05) is 30.2 Å². The van der Waals surface area contributed by atoms with Gasteiger partial charge < -0.3 is 14.6 Å². The molecule has 2 aromatic heterocycles. The highest BCUT2D eigenvalue weighted by molar-refractivity contribution is 5.95. The molecule has 11 heteroatoms. The number of ether oxygens (including phenoxy) is 1. The monoisotopic (exact) mass is 482 g/mol. The van der Waals surface area contributed by atoms with Crippen molar-refractivity contribution in [2.45, 2.75) is 57.6 Å². The van der Waals surface area contributed by atoms with E-state index in [1.54, 1.807) is 16.7 Å². The molecule has 180 valence electrons. The maximum absolute atomic E-state index is 14.4. The van der Waals surface area contributed by atoms with Gasteiger partial charge >= 0.3 is 12.8 Å². The van der Waals surface area contributed by atoms with Crippen molar-refractivity contribution in [1.29, 1.82) is 5.26 Å². The van der Waals surface area contributed by atoms with Gasteiger partial charge in [0.15, 0.2) is 11.6 Å². The van der Waals surface area contributed by atoms with Crippen LogP contribution in [0.2, 0.25) is 0 Å². The molecule has 34 heavy (non-hydrogen) atoms. The van der Waals surface area contributed by atoms with E-state index in [2.05, 4.69) is 21.1 Å². The van der Waals surface area contributed by atoms with Crippen molar-refractivity contribution in [2.75, 3.05) is 0 Å². The summed E-state index contributed by atoms with van der Waals surface area (Å²) in [5, 5.41) is 12.5. The van der Waals surface area contributed by atoms with E-state index in [1.807, 2.05) is 0 Å². The van der Waals surface area contributed by atoms with E-state index in [0.29, 0.717) is 22.5 Å². The lowest BCUT2D eigenvalue weighted by molar-refractivity contribution is -0.151. The fourth-order valence-electron chi connectivity index (χ4n) is 3.94. The molecular formula is C23H20F6N4O. The molecule has 4 rings (SSSR count). The predicted molar refractivity (Wildman–Crippen MR) is 112 cm³/mol. The van der Waals surface area contributed by atoms with Gasteiger partial charge in [0.2, 0.25) is 0 Å². The van der Waals surface area contributed by atoms with Crippen LogP contribution in [-0.2, 0) is 6.54 Å². The number of aromatic nitrogens is 2. The second-order valence-electron chi connectivity index (χ2n) is 8.16. The van der Waals surface area contributed by atoms with Crippen LogP contribution in [0.1, 0.15) is 43.4 Å². The third kappa shape index (κ3) is 4.55. The van der Waals surface area contributed by atoms with Crippen LogP contribution < -0.4 is 10.1 Å². The van der Waals surface area contributed by atoms with Crippen LogP contribution in [0.4, 0.5) is 26.3 Å². The Morgan fingerprint density at radius 3 is 2.53 bits per heavy atom. The maximum Gasteiger partial charge on any atom is 0.403 e. The Labute approximate surface area is 191 Å². The summed E-state index contributed by atoms with van der Waals surface area (Å²) in [6.07, 6.45) is -0.478. The molecule has 0 bridgehead atoms. The molecule has 2 heterocycles. The zero-order valence-electron chi connectivity index (χ0n) is 18.0. The normalized spacial score (nSPS) is 15.4. The summed E-state index contributed by atoms with van der Waals surface area (Å²) < 4.78 is 84.2. The Kier molecular flexibility index (Phi) is 6.45. The average molecular weight is 482 g/mol. The molecule has 0 aliphatic heterocycles. The van der Waals surface area contributed by atoms with E-state index < -0.39 is 30.4 Å². The maximum atomic E-state index is 14.4. The first-order chi connectivity index (χ1) is 16.1. The standard InChI is InChI=1S/C23H20F6N4O/c1-12(23(27,28)29)31-10-13-5-6-18(32-11-13)21-16(9-30)15-7-17(24)20(34-22(25)26)8-19(15)33(21)14-3-2-4-14/h5-8,11-12,14,22,31H,2-4,10H2,1H3. The number of nitriles is 1. The lowest BCUT2D eigenvalue weighted by atomic mass is 9.92. The first-order valence-corrected chi connectivity index (χ1v) is 10.6. The van der Waals surface area contributed by atoms with Crippen LogP contribution in [0.5, 0.6) is 5.75 Å². The highest BCUT2D eigenvalue weighted by Gasteiger charge is 2.35. The molecule has 0 radical (unpaired) electrons. The highest BCUT2D eigenvalue weighted by Crippen LogP contribution is 2.43. The largest absolute Gasteiger partial charge is 0.432 e. The van der Waals surface area contributed by atoms with E-state index in [0.717, 1.165) is 38.3 Å². The SMILES string of the molecule is CC(NCc1ccc(-c2c(C#N)c3cc(F)c(OC(F)F)cc3n2C2CCC2)nc1)C(F)(F)F. The molecule has 0 amide bonds. The number of nitrogens with zero attached hydrogens (tertiary/aromatic N) is 3. The van der Waals surface area contributed by atoms with E-state index in [1.165, 1.54) is 6.20 Å². The lowest BCUT2D eigenvalue weighted by Crippen LogP contribution is -2.39. The minimum atomic E-state index is -4.37. The van der Waals surface area contributed by atoms with Gasteiger partial charge in [0.25, 0.3) is 0 Å². The van der Waals surface area contributed by atoms with Crippen LogP contribution in [0.25, 0.3) is 22.3 Å². The van der Waals surface area contributed by atoms with Gasteiger partial charge in [0.05, 0.1) is 22.5 Å². The Bertz CT molecular complexity index is 1230. The van der Waals surface area contributed by atoms with E-state index in [4.69, 9.17) is 0 Å². The van der Waals surface area contributed by atoms with E-state index in [-0.39, 0.29) is 23.5 Å². The average Bonchev–Trinajstić information content (AvgIpc) is 3.03. The zero-order valence-corrected chi connectivity index (χ0v) is 18.0. The fraction of sp³-hybridized carbons (Fsp3) is 0.391. The molecule has 1 saturated carbocycles. The van der Waals surface area contributed by atoms with E-state index >= 15 is 0 Å². The van der Waals surface area contributed by atoms with Crippen molar-refractivity contribution in [3.05, 3.63) is 47.4 Å². The Morgan fingerprint density at radius 1 is 1.26 bits per heavy atom. The molecule has 0 saturated heterocycles. The topological polar surface area (TPSA) is 62.9 Å². The highest BCUT2D eigenvalue weighted by atomic mass is 19.4. The van der Waals surface area contributed by atoms with Crippen molar-refractivity contribution in [2.24, 2.45) is 0 Å². The summed E-state index contributed by atoms with van der Waals surface area (Å²) in [4.78, 5) is 4.35. The van der Waals surface area contributed by atoms with Crippen LogP contribution in [0.3, 0.4) is 0 Å². The van der Waals surface area contributed by atoms with Gasteiger partial charge in [-0.3, -0.25) is 4.98 Å². The molecule has 1 unspecified atom stereocenters. The summed E-state index contributed by atoms with van der Waals surface area (Å²) in [6, 6.07) is 5.66. The first kappa shape index (κ1) is 23.9. The van der Waals surface area contributed by atoms with Crippen molar-refractivity contribution >= 4 is 10.9 Å². The molecule has 1 N–H and O–H groups in total. The number of hydrogen-bond donors (Lipinski definition) is 1. The number of fused-ring (bicyclic) bond motifs is 1. The number of benzene rings is 1. The smallest absolute Gasteiger partial charge is 0.403 e. The van der Waals surface area contributed by atoms with Crippen LogP contribution >= 0.6 is 0 Å². The van der Waals surface area contributed by atoms with Gasteiger partial charge in [-0.1, -0.05) is 6.07 Å². The first-order valence-electron chi connectivity index (χ1n) is 10.6. The molecule has 1 atom stereocenters. The van der Waals surface area contributed by atoms with Crippen LogP contribution in [0, 0.1) is 17.1 Å². The number of alkyl halides is 5. The predicted octanol–water partition coefficient (Wildman–Crippen LogP) is 6.08. The molecule has 5 nitrogen and oxygen atoms in total. The summed E-state index contributed by atoms with van der Waals surface area (Å²) in [7, 11) is 0. The minimum Gasteiger partial charge on any atom is -0.432 e. The fourth-order valence-corrected chi connectivity index (χ4v) is 3.94. The van der Waals surface area contributed by atoms with Crippen molar-refractivity contribution in [1.82, 2.24) is 14.9 Å². The van der Waals surface area contributed by atoms with Gasteiger partial charge in [-0.2, -0.15) is 27.2 Å². The molecule has 1 fully saturated rings. The van der Waals surface area contributed by atoms with Gasteiger partial charge in [-0.25, -0.2) is 4.39 Å².